The molecule has 11 heteroatoms. The SMILES string of the molecule is CCNc1cc(C(=O)N[C@@H](Cc2ccccc2Cl)[C@H](O)CNCc2cccc(OC)c2)cc(N2CCCCS2(=O)=O)c1. The number of methoxy groups -OCH3 is 1. The summed E-state index contributed by atoms with van der Waals surface area (Å²) < 4.78 is 32.3. The number of benzene rings is 3. The Bertz CT molecular complexity index is 1470. The third-order valence-corrected chi connectivity index (χ3v) is 9.43. The second kappa shape index (κ2) is 14.7. The van der Waals surface area contributed by atoms with Crippen LogP contribution in [0.1, 0.15) is 41.3 Å². The number of carbonyl (C=O) groups is 1. The van der Waals surface area contributed by atoms with Gasteiger partial charge in [-0.2, -0.15) is 0 Å². The van der Waals surface area contributed by atoms with Gasteiger partial charge in [-0.3, -0.25) is 9.10 Å². The third-order valence-electron chi connectivity index (χ3n) is 7.19. The van der Waals surface area contributed by atoms with Crippen LogP contribution < -0.4 is 25.0 Å². The zero-order valence-electron chi connectivity index (χ0n) is 24.0. The fraction of sp³-hybridized carbons (Fsp3) is 0.387. The lowest BCUT2D eigenvalue weighted by Crippen LogP contribution is -2.48. The van der Waals surface area contributed by atoms with Gasteiger partial charge in [0.1, 0.15) is 5.75 Å². The van der Waals surface area contributed by atoms with E-state index in [-0.39, 0.29) is 12.3 Å². The maximum atomic E-state index is 13.7. The van der Waals surface area contributed by atoms with E-state index in [9.17, 15) is 18.3 Å². The molecule has 0 saturated carbocycles. The second-order valence-corrected chi connectivity index (χ2v) is 12.7. The number of nitrogens with one attached hydrogen (secondary N) is 3. The summed E-state index contributed by atoms with van der Waals surface area (Å²) in [6, 6.07) is 19.3. The average molecular weight is 615 g/mol. The average Bonchev–Trinajstić information content (AvgIpc) is 2.97. The highest BCUT2D eigenvalue weighted by atomic mass is 35.5. The van der Waals surface area contributed by atoms with Gasteiger partial charge in [0, 0.05) is 42.5 Å². The molecule has 3 aromatic rings. The van der Waals surface area contributed by atoms with Crippen LogP contribution in [0.2, 0.25) is 5.02 Å². The molecule has 0 bridgehead atoms. The number of sulfonamides is 1. The Hall–Kier alpha value is -3.31. The van der Waals surface area contributed by atoms with E-state index in [1.807, 2.05) is 49.4 Å². The summed E-state index contributed by atoms with van der Waals surface area (Å²) in [5.74, 6) is 0.402. The summed E-state index contributed by atoms with van der Waals surface area (Å²) in [7, 11) is -1.86. The van der Waals surface area contributed by atoms with Crippen molar-refractivity contribution in [3.63, 3.8) is 0 Å². The van der Waals surface area contributed by atoms with E-state index in [1.165, 1.54) is 4.31 Å². The van der Waals surface area contributed by atoms with Gasteiger partial charge in [0.05, 0.1) is 30.7 Å². The minimum absolute atomic E-state index is 0.0782. The van der Waals surface area contributed by atoms with Crippen molar-refractivity contribution in [2.24, 2.45) is 0 Å². The molecule has 4 N–H and O–H groups in total. The number of ether oxygens (including phenoxy) is 1. The van der Waals surface area contributed by atoms with Crippen LogP contribution in [-0.2, 0) is 23.0 Å². The molecular weight excluding hydrogens is 576 g/mol. The standard InChI is InChI=1S/C31H39ClN4O5S/c1-3-34-25-16-24(17-26(19-25)36-13-6-7-14-42(36,39)40)31(38)35-29(18-23-10-4-5-12-28(23)32)30(37)21-33-20-22-9-8-11-27(15-22)41-2/h4-5,8-12,15-17,19,29-30,33-34,37H,3,6-7,13-14,18,20-21H2,1-2H3,(H,35,38)/t29-,30+/m0/s1. The van der Waals surface area contributed by atoms with Gasteiger partial charge in [-0.05, 0) is 73.7 Å². The molecule has 0 radical (unpaired) electrons. The number of halogens is 1. The highest BCUT2D eigenvalue weighted by Gasteiger charge is 2.28. The quantitative estimate of drug-likeness (QED) is 0.228. The summed E-state index contributed by atoms with van der Waals surface area (Å²) in [5.41, 5.74) is 3.17. The molecule has 0 spiro atoms. The van der Waals surface area contributed by atoms with E-state index in [1.54, 1.807) is 31.4 Å². The Labute approximate surface area is 253 Å². The van der Waals surface area contributed by atoms with Crippen molar-refractivity contribution in [2.75, 3.05) is 42.1 Å². The fourth-order valence-corrected chi connectivity index (χ4v) is 6.83. The summed E-state index contributed by atoms with van der Waals surface area (Å²) in [5, 5.41) is 21.2. The number of hydrogen-bond acceptors (Lipinski definition) is 7. The van der Waals surface area contributed by atoms with E-state index in [0.717, 1.165) is 23.3 Å². The summed E-state index contributed by atoms with van der Waals surface area (Å²) in [6.45, 7) is 3.61. The minimum Gasteiger partial charge on any atom is -0.497 e. The number of amides is 1. The molecule has 1 heterocycles. The molecule has 1 amide bonds. The predicted octanol–water partition coefficient (Wildman–Crippen LogP) is 4.20. The van der Waals surface area contributed by atoms with Crippen molar-refractivity contribution < 1.29 is 23.1 Å². The van der Waals surface area contributed by atoms with Gasteiger partial charge in [0.25, 0.3) is 5.91 Å². The number of rotatable bonds is 13. The third kappa shape index (κ3) is 8.38. The van der Waals surface area contributed by atoms with Crippen LogP contribution in [0.5, 0.6) is 5.75 Å². The Morgan fingerprint density at radius 2 is 1.90 bits per heavy atom. The zero-order valence-corrected chi connectivity index (χ0v) is 25.5. The van der Waals surface area contributed by atoms with Crippen LogP contribution in [0.15, 0.2) is 66.7 Å². The number of nitrogens with zero attached hydrogens (tertiary/aromatic N) is 1. The molecule has 3 aromatic carbocycles. The molecule has 0 unspecified atom stereocenters. The topological polar surface area (TPSA) is 120 Å². The van der Waals surface area contributed by atoms with Crippen molar-refractivity contribution in [1.29, 1.82) is 0 Å². The lowest BCUT2D eigenvalue weighted by molar-refractivity contribution is 0.0830. The fourth-order valence-electron chi connectivity index (χ4n) is 5.00. The Balaban J connectivity index is 1.55. The number of carbonyl (C=O) groups excluding carboxylic acids is 1. The predicted molar refractivity (Wildman–Crippen MR) is 168 cm³/mol. The summed E-state index contributed by atoms with van der Waals surface area (Å²) >= 11 is 6.44. The van der Waals surface area contributed by atoms with Gasteiger partial charge in [0.2, 0.25) is 10.0 Å². The first-order valence-electron chi connectivity index (χ1n) is 14.2. The molecule has 1 fully saturated rings. The Morgan fingerprint density at radius 1 is 1.10 bits per heavy atom. The van der Waals surface area contributed by atoms with Crippen molar-refractivity contribution in [3.05, 3.63) is 88.4 Å². The van der Waals surface area contributed by atoms with Crippen molar-refractivity contribution in [1.82, 2.24) is 10.6 Å². The van der Waals surface area contributed by atoms with Gasteiger partial charge in [-0.25, -0.2) is 8.42 Å². The van der Waals surface area contributed by atoms with E-state index in [4.69, 9.17) is 16.3 Å². The van der Waals surface area contributed by atoms with Crippen molar-refractivity contribution in [2.45, 2.75) is 44.9 Å². The van der Waals surface area contributed by atoms with Crippen molar-refractivity contribution in [3.8, 4) is 5.75 Å². The molecule has 1 saturated heterocycles. The lowest BCUT2D eigenvalue weighted by Gasteiger charge is -2.29. The molecule has 2 atom stereocenters. The Kier molecular flexibility index (Phi) is 11.1. The monoisotopic (exact) mass is 614 g/mol. The Morgan fingerprint density at radius 3 is 2.64 bits per heavy atom. The maximum absolute atomic E-state index is 13.7. The molecule has 226 valence electrons. The van der Waals surface area contributed by atoms with E-state index >= 15 is 0 Å². The van der Waals surface area contributed by atoms with Crippen LogP contribution in [0.3, 0.4) is 0 Å². The van der Waals surface area contributed by atoms with Crippen LogP contribution >= 0.6 is 11.6 Å². The number of anilines is 2. The molecule has 42 heavy (non-hydrogen) atoms. The van der Waals surface area contributed by atoms with E-state index < -0.39 is 28.1 Å². The van der Waals surface area contributed by atoms with Gasteiger partial charge in [0.15, 0.2) is 0 Å². The molecule has 4 rings (SSSR count). The largest absolute Gasteiger partial charge is 0.497 e. The highest BCUT2D eigenvalue weighted by Crippen LogP contribution is 2.28. The first-order valence-corrected chi connectivity index (χ1v) is 16.1. The summed E-state index contributed by atoms with van der Waals surface area (Å²) in [6.07, 6.45) is 0.719. The van der Waals surface area contributed by atoms with Crippen LogP contribution in [0.25, 0.3) is 0 Å². The first-order chi connectivity index (χ1) is 20.2. The second-order valence-electron chi connectivity index (χ2n) is 10.3. The van der Waals surface area contributed by atoms with Gasteiger partial charge >= 0.3 is 0 Å². The highest BCUT2D eigenvalue weighted by molar-refractivity contribution is 7.92. The number of aliphatic hydroxyl groups is 1. The van der Waals surface area contributed by atoms with Crippen LogP contribution in [0.4, 0.5) is 11.4 Å². The molecular formula is C31H39ClN4O5S. The van der Waals surface area contributed by atoms with Crippen LogP contribution in [0, 0.1) is 0 Å². The smallest absolute Gasteiger partial charge is 0.251 e. The zero-order chi connectivity index (χ0) is 30.1. The first kappa shape index (κ1) is 31.6. The van der Waals surface area contributed by atoms with Crippen molar-refractivity contribution >= 4 is 38.9 Å². The molecule has 0 aliphatic carbocycles. The summed E-state index contributed by atoms with van der Waals surface area (Å²) in [4.78, 5) is 13.7. The van der Waals surface area contributed by atoms with Crippen LogP contribution in [-0.4, -0.2) is 64.1 Å². The molecule has 9 nitrogen and oxygen atoms in total. The lowest BCUT2D eigenvalue weighted by atomic mass is 10.00. The minimum atomic E-state index is -3.47. The normalized spacial score (nSPS) is 16.0. The van der Waals surface area contributed by atoms with E-state index in [2.05, 4.69) is 16.0 Å². The van der Waals surface area contributed by atoms with Gasteiger partial charge in [-0.15, -0.1) is 0 Å². The molecule has 1 aliphatic heterocycles. The van der Waals surface area contributed by atoms with Gasteiger partial charge in [-0.1, -0.05) is 41.9 Å². The number of aliphatic hydroxyl groups excluding tert-OH is 1. The van der Waals surface area contributed by atoms with E-state index in [0.29, 0.717) is 54.4 Å². The maximum Gasteiger partial charge on any atom is 0.251 e. The molecule has 0 aromatic heterocycles. The molecule has 1 aliphatic rings. The van der Waals surface area contributed by atoms with Gasteiger partial charge < -0.3 is 25.8 Å². The number of hydrogen-bond donors (Lipinski definition) is 4.